The summed E-state index contributed by atoms with van der Waals surface area (Å²) in [5.41, 5.74) is 0.855. The van der Waals surface area contributed by atoms with E-state index < -0.39 is 0 Å². The Balaban J connectivity index is 1.88. The molecular formula is C17H22N6O. The molecule has 24 heavy (non-hydrogen) atoms. The smallest absolute Gasteiger partial charge is 0.228 e. The standard InChI is InChI=1S/C17H22N6O/c1-3-15(24)23-10-5-4-7-13(23)16-20-12(2)11-14(21-16)22-17-18-8-6-9-19-17/h6,8-9,11,13H,3-5,7,10H2,1-2H3,(H,18,19,20,21,22). The van der Waals surface area contributed by atoms with Crippen LogP contribution in [0.5, 0.6) is 0 Å². The van der Waals surface area contributed by atoms with Crippen LogP contribution in [-0.2, 0) is 4.79 Å². The van der Waals surface area contributed by atoms with Gasteiger partial charge in [0.2, 0.25) is 11.9 Å². The molecule has 7 heteroatoms. The zero-order valence-electron chi connectivity index (χ0n) is 14.1. The van der Waals surface area contributed by atoms with E-state index in [2.05, 4.69) is 25.3 Å². The predicted molar refractivity (Wildman–Crippen MR) is 90.7 cm³/mol. The zero-order chi connectivity index (χ0) is 16.9. The summed E-state index contributed by atoms with van der Waals surface area (Å²) < 4.78 is 0. The number of hydrogen-bond acceptors (Lipinski definition) is 6. The first-order valence-corrected chi connectivity index (χ1v) is 8.36. The van der Waals surface area contributed by atoms with Gasteiger partial charge in [0.15, 0.2) is 5.82 Å². The molecule has 3 rings (SSSR count). The van der Waals surface area contributed by atoms with E-state index in [1.54, 1.807) is 18.5 Å². The Bertz CT molecular complexity index is 705. The third-order valence-electron chi connectivity index (χ3n) is 4.10. The molecule has 1 N–H and O–H groups in total. The summed E-state index contributed by atoms with van der Waals surface area (Å²) in [7, 11) is 0. The number of nitrogens with zero attached hydrogens (tertiary/aromatic N) is 5. The number of rotatable bonds is 4. The van der Waals surface area contributed by atoms with Crippen LogP contribution in [0.2, 0.25) is 0 Å². The van der Waals surface area contributed by atoms with Gasteiger partial charge in [0.05, 0.1) is 6.04 Å². The van der Waals surface area contributed by atoms with Crippen molar-refractivity contribution in [2.45, 2.75) is 45.6 Å². The van der Waals surface area contributed by atoms with Crippen LogP contribution in [0.25, 0.3) is 0 Å². The Morgan fingerprint density at radius 3 is 2.83 bits per heavy atom. The summed E-state index contributed by atoms with van der Waals surface area (Å²) in [5, 5.41) is 3.11. The molecule has 0 spiro atoms. The molecule has 2 aromatic heterocycles. The first kappa shape index (κ1) is 16.3. The molecule has 1 saturated heterocycles. The van der Waals surface area contributed by atoms with Gasteiger partial charge in [0.25, 0.3) is 0 Å². The average Bonchev–Trinajstić information content (AvgIpc) is 2.61. The summed E-state index contributed by atoms with van der Waals surface area (Å²) in [4.78, 5) is 31.7. The number of hydrogen-bond donors (Lipinski definition) is 1. The van der Waals surface area contributed by atoms with Crippen molar-refractivity contribution in [3.63, 3.8) is 0 Å². The van der Waals surface area contributed by atoms with E-state index in [-0.39, 0.29) is 11.9 Å². The highest BCUT2D eigenvalue weighted by atomic mass is 16.2. The molecule has 0 aliphatic carbocycles. The van der Waals surface area contributed by atoms with Crippen LogP contribution in [0.3, 0.4) is 0 Å². The van der Waals surface area contributed by atoms with Crippen LogP contribution < -0.4 is 5.32 Å². The largest absolute Gasteiger partial charge is 0.332 e. The number of carbonyl (C=O) groups is 1. The van der Waals surface area contributed by atoms with Gasteiger partial charge in [-0.25, -0.2) is 19.9 Å². The summed E-state index contributed by atoms with van der Waals surface area (Å²) in [6.45, 7) is 4.60. The summed E-state index contributed by atoms with van der Waals surface area (Å²) in [5.74, 6) is 1.99. The molecular weight excluding hydrogens is 304 g/mol. The number of amides is 1. The molecule has 1 fully saturated rings. The molecule has 1 atom stereocenters. The number of carbonyl (C=O) groups excluding carboxylic acids is 1. The van der Waals surface area contributed by atoms with Crippen LogP contribution in [-0.4, -0.2) is 37.3 Å². The highest BCUT2D eigenvalue weighted by molar-refractivity contribution is 5.76. The zero-order valence-corrected chi connectivity index (χ0v) is 14.1. The first-order chi connectivity index (χ1) is 11.7. The topological polar surface area (TPSA) is 83.9 Å². The SMILES string of the molecule is CCC(=O)N1CCCCC1c1nc(C)cc(Nc2ncccn2)n1. The van der Waals surface area contributed by atoms with Crippen molar-refractivity contribution in [3.05, 3.63) is 36.0 Å². The quantitative estimate of drug-likeness (QED) is 0.930. The van der Waals surface area contributed by atoms with E-state index in [1.165, 1.54) is 0 Å². The van der Waals surface area contributed by atoms with Crippen molar-refractivity contribution in [3.8, 4) is 0 Å². The van der Waals surface area contributed by atoms with E-state index in [0.29, 0.717) is 24.0 Å². The van der Waals surface area contributed by atoms with Gasteiger partial charge in [-0.05, 0) is 32.3 Å². The summed E-state index contributed by atoms with van der Waals surface area (Å²) in [6, 6.07) is 3.57. The minimum atomic E-state index is -0.0525. The maximum absolute atomic E-state index is 12.2. The summed E-state index contributed by atoms with van der Waals surface area (Å²) in [6.07, 6.45) is 6.87. The molecule has 1 aliphatic heterocycles. The minimum Gasteiger partial charge on any atom is -0.332 e. The van der Waals surface area contributed by atoms with E-state index in [9.17, 15) is 4.79 Å². The van der Waals surface area contributed by atoms with Gasteiger partial charge in [0, 0.05) is 37.1 Å². The molecule has 3 heterocycles. The highest BCUT2D eigenvalue weighted by Gasteiger charge is 2.29. The highest BCUT2D eigenvalue weighted by Crippen LogP contribution is 2.30. The third-order valence-corrected chi connectivity index (χ3v) is 4.10. The van der Waals surface area contributed by atoms with Gasteiger partial charge in [-0.15, -0.1) is 0 Å². The molecule has 0 radical (unpaired) electrons. The summed E-state index contributed by atoms with van der Waals surface area (Å²) >= 11 is 0. The van der Waals surface area contributed by atoms with Gasteiger partial charge >= 0.3 is 0 Å². The lowest BCUT2D eigenvalue weighted by Crippen LogP contribution is -2.39. The fraction of sp³-hybridized carbons (Fsp3) is 0.471. The van der Waals surface area contributed by atoms with Gasteiger partial charge in [-0.2, -0.15) is 0 Å². The molecule has 126 valence electrons. The lowest BCUT2D eigenvalue weighted by atomic mass is 10.0. The number of anilines is 2. The van der Waals surface area contributed by atoms with Crippen molar-refractivity contribution >= 4 is 17.7 Å². The van der Waals surface area contributed by atoms with Crippen LogP contribution >= 0.6 is 0 Å². The molecule has 7 nitrogen and oxygen atoms in total. The Labute approximate surface area is 141 Å². The Morgan fingerprint density at radius 2 is 2.08 bits per heavy atom. The van der Waals surface area contributed by atoms with E-state index in [0.717, 1.165) is 31.5 Å². The maximum atomic E-state index is 12.2. The van der Waals surface area contributed by atoms with Crippen LogP contribution in [0, 0.1) is 6.92 Å². The van der Waals surface area contributed by atoms with E-state index >= 15 is 0 Å². The molecule has 1 amide bonds. The monoisotopic (exact) mass is 326 g/mol. The maximum Gasteiger partial charge on any atom is 0.228 e. The molecule has 1 unspecified atom stereocenters. The van der Waals surface area contributed by atoms with Gasteiger partial charge in [-0.3, -0.25) is 4.79 Å². The fourth-order valence-electron chi connectivity index (χ4n) is 2.98. The average molecular weight is 326 g/mol. The van der Waals surface area contributed by atoms with Crippen molar-refractivity contribution in [1.82, 2.24) is 24.8 Å². The molecule has 0 aromatic carbocycles. The number of aryl methyl sites for hydroxylation is 1. The Kier molecular flexibility index (Phi) is 4.98. The minimum absolute atomic E-state index is 0.0525. The number of piperidine rings is 1. The van der Waals surface area contributed by atoms with Gasteiger partial charge in [0.1, 0.15) is 5.82 Å². The molecule has 0 bridgehead atoms. The normalized spacial score (nSPS) is 17.6. The second-order valence-corrected chi connectivity index (χ2v) is 5.90. The van der Waals surface area contributed by atoms with Gasteiger partial charge < -0.3 is 10.2 Å². The molecule has 0 saturated carbocycles. The Morgan fingerprint density at radius 1 is 1.29 bits per heavy atom. The van der Waals surface area contributed by atoms with E-state index in [4.69, 9.17) is 0 Å². The second-order valence-electron chi connectivity index (χ2n) is 5.90. The van der Waals surface area contributed by atoms with Crippen molar-refractivity contribution in [2.24, 2.45) is 0 Å². The lowest BCUT2D eigenvalue weighted by Gasteiger charge is -2.34. The molecule has 2 aromatic rings. The fourth-order valence-corrected chi connectivity index (χ4v) is 2.98. The van der Waals surface area contributed by atoms with Crippen LogP contribution in [0.15, 0.2) is 24.5 Å². The third kappa shape index (κ3) is 3.67. The first-order valence-electron chi connectivity index (χ1n) is 8.36. The van der Waals surface area contributed by atoms with Gasteiger partial charge in [-0.1, -0.05) is 6.92 Å². The number of likely N-dealkylation sites (tertiary alicyclic amines) is 1. The lowest BCUT2D eigenvalue weighted by molar-refractivity contribution is -0.134. The second kappa shape index (κ2) is 7.33. The van der Waals surface area contributed by atoms with Crippen molar-refractivity contribution in [2.75, 3.05) is 11.9 Å². The van der Waals surface area contributed by atoms with Crippen LogP contribution in [0.4, 0.5) is 11.8 Å². The predicted octanol–water partition coefficient (Wildman–Crippen LogP) is 2.78. The van der Waals surface area contributed by atoms with Crippen molar-refractivity contribution in [1.29, 1.82) is 0 Å². The Hall–Kier alpha value is -2.57. The van der Waals surface area contributed by atoms with Crippen molar-refractivity contribution < 1.29 is 4.79 Å². The van der Waals surface area contributed by atoms with Crippen LogP contribution in [0.1, 0.15) is 50.2 Å². The van der Waals surface area contributed by atoms with E-state index in [1.807, 2.05) is 24.8 Å². The number of aromatic nitrogens is 4. The number of nitrogens with one attached hydrogen (secondary N) is 1. The molecule has 1 aliphatic rings.